The highest BCUT2D eigenvalue weighted by Crippen LogP contribution is 2.29. The number of carboxylic acids is 1. The van der Waals surface area contributed by atoms with Crippen molar-refractivity contribution in [3.8, 4) is 0 Å². The molecule has 0 bridgehead atoms. The number of carboxylic acid groups (broad SMARTS) is 1. The maximum absolute atomic E-state index is 11.3. The maximum Gasteiger partial charge on any atom is 0.324 e. The highest BCUT2D eigenvalue weighted by molar-refractivity contribution is 7.89. The minimum atomic E-state index is -3.57. The average Bonchev–Trinajstić information content (AvgIpc) is 2.82. The first kappa shape index (κ1) is 11.4. The zero-order valence-electron chi connectivity index (χ0n) is 7.51. The molecule has 0 aromatic carbocycles. The Morgan fingerprint density at radius 2 is 2.07 bits per heavy atom. The van der Waals surface area contributed by atoms with Crippen LogP contribution < -0.4 is 4.72 Å². The molecule has 3 N–H and O–H groups in total. The largest absolute Gasteiger partial charge is 0.480 e. The van der Waals surface area contributed by atoms with Crippen LogP contribution in [0.5, 0.6) is 0 Å². The Morgan fingerprint density at radius 1 is 1.50 bits per heavy atom. The third kappa shape index (κ3) is 3.60. The number of sulfonamides is 1. The second kappa shape index (κ2) is 4.24. The SMILES string of the molecule is O=C(O)[C@H](CO)NS(=O)(=O)CC1CC1. The standard InChI is InChI=1S/C7H13NO5S/c9-3-6(7(10)11)8-14(12,13)4-5-1-2-5/h5-6,8-9H,1-4H2,(H,10,11)/t6-/m0/s1. The maximum atomic E-state index is 11.3. The van der Waals surface area contributed by atoms with E-state index in [1.54, 1.807) is 0 Å². The molecule has 1 saturated carbocycles. The topological polar surface area (TPSA) is 104 Å². The molecule has 14 heavy (non-hydrogen) atoms. The van der Waals surface area contributed by atoms with Crippen LogP contribution in [0.3, 0.4) is 0 Å². The van der Waals surface area contributed by atoms with Crippen LogP contribution in [-0.2, 0) is 14.8 Å². The van der Waals surface area contributed by atoms with Crippen molar-refractivity contribution in [2.24, 2.45) is 5.92 Å². The Morgan fingerprint density at radius 3 is 2.43 bits per heavy atom. The number of nitrogens with one attached hydrogen (secondary N) is 1. The normalized spacial score (nSPS) is 19.2. The number of hydrogen-bond acceptors (Lipinski definition) is 4. The highest BCUT2D eigenvalue weighted by Gasteiger charge is 2.30. The molecule has 0 radical (unpaired) electrons. The van der Waals surface area contributed by atoms with Crippen LogP contribution in [0.15, 0.2) is 0 Å². The van der Waals surface area contributed by atoms with Gasteiger partial charge < -0.3 is 10.2 Å². The van der Waals surface area contributed by atoms with E-state index in [4.69, 9.17) is 10.2 Å². The molecule has 0 spiro atoms. The molecule has 1 aliphatic carbocycles. The molecule has 82 valence electrons. The fourth-order valence-electron chi connectivity index (χ4n) is 1.03. The van der Waals surface area contributed by atoms with Crippen molar-refractivity contribution in [3.63, 3.8) is 0 Å². The molecule has 0 amide bonds. The Balaban J connectivity index is 2.50. The summed E-state index contributed by atoms with van der Waals surface area (Å²) in [7, 11) is -3.57. The Kier molecular flexibility index (Phi) is 3.46. The molecule has 1 atom stereocenters. The van der Waals surface area contributed by atoms with Gasteiger partial charge >= 0.3 is 5.97 Å². The van der Waals surface area contributed by atoms with Gasteiger partial charge in [0.1, 0.15) is 6.04 Å². The molecule has 1 rings (SSSR count). The molecule has 0 aromatic rings. The van der Waals surface area contributed by atoms with Crippen molar-refractivity contribution in [1.29, 1.82) is 0 Å². The van der Waals surface area contributed by atoms with Crippen molar-refractivity contribution in [1.82, 2.24) is 4.72 Å². The van der Waals surface area contributed by atoms with Crippen molar-refractivity contribution in [3.05, 3.63) is 0 Å². The Labute approximate surface area is 82.0 Å². The van der Waals surface area contributed by atoms with E-state index in [2.05, 4.69) is 0 Å². The Bertz CT molecular complexity index is 308. The van der Waals surface area contributed by atoms with E-state index in [0.717, 1.165) is 12.8 Å². The van der Waals surface area contributed by atoms with Gasteiger partial charge in [-0.15, -0.1) is 0 Å². The van der Waals surface area contributed by atoms with Gasteiger partial charge in [-0.25, -0.2) is 8.42 Å². The predicted molar refractivity (Wildman–Crippen MR) is 48.2 cm³/mol. The molecule has 1 aliphatic rings. The lowest BCUT2D eigenvalue weighted by Crippen LogP contribution is -2.44. The average molecular weight is 223 g/mol. The van der Waals surface area contributed by atoms with Gasteiger partial charge in [0.25, 0.3) is 0 Å². The number of hydrogen-bond donors (Lipinski definition) is 3. The monoisotopic (exact) mass is 223 g/mol. The molecule has 0 unspecified atom stereocenters. The van der Waals surface area contributed by atoms with Crippen LogP contribution in [0.4, 0.5) is 0 Å². The third-order valence-corrected chi connectivity index (χ3v) is 3.51. The summed E-state index contributed by atoms with van der Waals surface area (Å²) in [5, 5.41) is 17.1. The van der Waals surface area contributed by atoms with Gasteiger partial charge in [-0.1, -0.05) is 0 Å². The van der Waals surface area contributed by atoms with Crippen LogP contribution in [0, 0.1) is 5.92 Å². The number of carbonyl (C=O) groups is 1. The van der Waals surface area contributed by atoms with Gasteiger partial charge in [0.2, 0.25) is 10.0 Å². The van der Waals surface area contributed by atoms with Gasteiger partial charge in [-0.05, 0) is 18.8 Å². The van der Waals surface area contributed by atoms with Crippen molar-refractivity contribution in [2.45, 2.75) is 18.9 Å². The number of aliphatic hydroxyl groups excluding tert-OH is 1. The van der Waals surface area contributed by atoms with E-state index in [0.29, 0.717) is 0 Å². The summed E-state index contributed by atoms with van der Waals surface area (Å²) >= 11 is 0. The summed E-state index contributed by atoms with van der Waals surface area (Å²) < 4.78 is 24.5. The second-order valence-electron chi connectivity index (χ2n) is 3.42. The van der Waals surface area contributed by atoms with E-state index in [1.807, 2.05) is 4.72 Å². The summed E-state index contributed by atoms with van der Waals surface area (Å²) in [4.78, 5) is 10.4. The van der Waals surface area contributed by atoms with Crippen molar-refractivity contribution >= 4 is 16.0 Å². The summed E-state index contributed by atoms with van der Waals surface area (Å²) in [6, 6.07) is -1.43. The summed E-state index contributed by atoms with van der Waals surface area (Å²) in [6.07, 6.45) is 1.75. The highest BCUT2D eigenvalue weighted by atomic mass is 32.2. The molecule has 0 heterocycles. The third-order valence-electron chi connectivity index (χ3n) is 1.95. The van der Waals surface area contributed by atoms with Crippen LogP contribution in [0.25, 0.3) is 0 Å². The van der Waals surface area contributed by atoms with E-state index < -0.39 is 28.6 Å². The van der Waals surface area contributed by atoms with E-state index in [1.165, 1.54) is 0 Å². The first-order valence-electron chi connectivity index (χ1n) is 4.28. The van der Waals surface area contributed by atoms with Crippen LogP contribution in [0.2, 0.25) is 0 Å². The zero-order valence-corrected chi connectivity index (χ0v) is 8.33. The smallest absolute Gasteiger partial charge is 0.324 e. The van der Waals surface area contributed by atoms with Gasteiger partial charge in [-0.2, -0.15) is 4.72 Å². The van der Waals surface area contributed by atoms with Crippen molar-refractivity contribution < 1.29 is 23.4 Å². The lowest BCUT2D eigenvalue weighted by atomic mass is 10.3. The molecule has 0 aromatic heterocycles. The fourth-order valence-corrected chi connectivity index (χ4v) is 2.68. The van der Waals surface area contributed by atoms with Gasteiger partial charge in [-0.3, -0.25) is 4.79 Å². The van der Waals surface area contributed by atoms with Crippen LogP contribution in [-0.4, -0.2) is 43.0 Å². The Hall–Kier alpha value is -0.660. The summed E-state index contributed by atoms with van der Waals surface area (Å²) in [5.41, 5.74) is 0. The molecule has 7 heteroatoms. The molecule has 1 fully saturated rings. The number of rotatable bonds is 6. The first-order valence-corrected chi connectivity index (χ1v) is 5.93. The predicted octanol–water partition coefficient (Wildman–Crippen LogP) is -1.24. The van der Waals surface area contributed by atoms with Gasteiger partial charge in [0, 0.05) is 0 Å². The minimum absolute atomic E-state index is 0.0449. The number of aliphatic carboxylic acids is 1. The second-order valence-corrected chi connectivity index (χ2v) is 5.21. The lowest BCUT2D eigenvalue weighted by Gasteiger charge is -2.11. The molecule has 6 nitrogen and oxygen atoms in total. The molecular formula is C7H13NO5S. The van der Waals surface area contributed by atoms with Crippen LogP contribution in [0.1, 0.15) is 12.8 Å². The fraction of sp³-hybridized carbons (Fsp3) is 0.857. The zero-order chi connectivity index (χ0) is 10.8. The van der Waals surface area contributed by atoms with E-state index in [-0.39, 0.29) is 11.7 Å². The summed E-state index contributed by atoms with van der Waals surface area (Å²) in [5.74, 6) is -1.26. The minimum Gasteiger partial charge on any atom is -0.480 e. The van der Waals surface area contributed by atoms with E-state index in [9.17, 15) is 13.2 Å². The number of aliphatic hydroxyl groups is 1. The molecule has 0 aliphatic heterocycles. The van der Waals surface area contributed by atoms with Crippen LogP contribution >= 0.6 is 0 Å². The quantitative estimate of drug-likeness (QED) is 0.522. The van der Waals surface area contributed by atoms with Crippen molar-refractivity contribution in [2.75, 3.05) is 12.4 Å². The first-order chi connectivity index (χ1) is 6.44. The lowest BCUT2D eigenvalue weighted by molar-refractivity contribution is -0.139. The molecule has 0 saturated heterocycles. The van der Waals surface area contributed by atoms with Gasteiger partial charge in [0.05, 0.1) is 12.4 Å². The summed E-state index contributed by atoms with van der Waals surface area (Å²) in [6.45, 7) is -0.737. The van der Waals surface area contributed by atoms with E-state index >= 15 is 0 Å². The van der Waals surface area contributed by atoms with Gasteiger partial charge in [0.15, 0.2) is 0 Å². The molecular weight excluding hydrogens is 210 g/mol.